The van der Waals surface area contributed by atoms with Gasteiger partial charge in [-0.1, -0.05) is 97.1 Å². The molecule has 22 heavy (non-hydrogen) atoms. The Labute approximate surface area is 178 Å². The average molecular weight is 538 g/mol. The van der Waals surface area contributed by atoms with Gasteiger partial charge in [0.2, 0.25) is 0 Å². The molecule has 0 atom stereocenters. The molecule has 0 N–H and O–H groups in total. The second kappa shape index (κ2) is 8.35. The maximum absolute atomic E-state index is 6.18. The average Bonchev–Trinajstić information content (AvgIpc) is 2.45. The van der Waals surface area contributed by atoms with E-state index in [1.807, 2.05) is 0 Å². The second-order valence-electron chi connectivity index (χ2n) is 3.76. The van der Waals surface area contributed by atoms with Gasteiger partial charge in [-0.2, -0.15) is 0 Å². The van der Waals surface area contributed by atoms with Crippen LogP contribution in [0.5, 0.6) is 0 Å². The van der Waals surface area contributed by atoms with Crippen molar-refractivity contribution in [2.24, 2.45) is 0 Å². The molecule has 0 spiro atoms. The summed E-state index contributed by atoms with van der Waals surface area (Å²) < 4.78 is 0.783. The Bertz CT molecular complexity index is 699. The van der Waals surface area contributed by atoms with Gasteiger partial charge in [0, 0.05) is 4.47 Å². The number of hydrogen-bond acceptors (Lipinski definition) is 2. The van der Waals surface area contributed by atoms with Crippen molar-refractivity contribution >= 4 is 119 Å². The summed E-state index contributed by atoms with van der Waals surface area (Å²) in [4.78, 5) is 1.16. The summed E-state index contributed by atoms with van der Waals surface area (Å²) >= 11 is 46.1. The van der Waals surface area contributed by atoms with Crippen molar-refractivity contribution in [3.63, 3.8) is 0 Å². The van der Waals surface area contributed by atoms with Gasteiger partial charge in [0.15, 0.2) is 0 Å². The summed E-state index contributed by atoms with van der Waals surface area (Å²) in [5.41, 5.74) is 0. The van der Waals surface area contributed by atoms with Gasteiger partial charge in [0.1, 0.15) is 0 Å². The SMILES string of the molecule is Clc1cc(Br)cc(Cl)c1SSc1c(Cl)c(Cl)c(Cl)c(Cl)c1Cl. The highest BCUT2D eigenvalue weighted by Crippen LogP contribution is 2.53. The first-order valence-electron chi connectivity index (χ1n) is 5.24. The molecular formula is C12H2BrCl7S2. The lowest BCUT2D eigenvalue weighted by Crippen LogP contribution is -1.83. The van der Waals surface area contributed by atoms with Gasteiger partial charge < -0.3 is 0 Å². The van der Waals surface area contributed by atoms with Gasteiger partial charge in [-0.05, 0) is 33.7 Å². The molecule has 0 amide bonds. The van der Waals surface area contributed by atoms with E-state index in [9.17, 15) is 0 Å². The Hall–Kier alpha value is 1.65. The number of halogens is 8. The van der Waals surface area contributed by atoms with Crippen LogP contribution in [-0.2, 0) is 0 Å². The van der Waals surface area contributed by atoms with E-state index >= 15 is 0 Å². The molecular weight excluding hydrogens is 536 g/mol. The monoisotopic (exact) mass is 534 g/mol. The Morgan fingerprint density at radius 2 is 0.955 bits per heavy atom. The molecule has 2 aromatic rings. The molecule has 0 heterocycles. The fraction of sp³-hybridized carbons (Fsp3) is 0. The fourth-order valence-corrected chi connectivity index (χ4v) is 7.15. The van der Waals surface area contributed by atoms with Gasteiger partial charge in [-0.15, -0.1) is 0 Å². The molecule has 0 aliphatic carbocycles. The largest absolute Gasteiger partial charge is 0.0830 e. The smallest absolute Gasteiger partial charge is 0.0809 e. The van der Waals surface area contributed by atoms with E-state index in [0.29, 0.717) is 19.8 Å². The quantitative estimate of drug-likeness (QED) is 0.217. The van der Waals surface area contributed by atoms with Crippen LogP contribution >= 0.6 is 119 Å². The molecule has 10 heteroatoms. The topological polar surface area (TPSA) is 0 Å². The summed E-state index contributed by atoms with van der Waals surface area (Å²) in [5.74, 6) is 0. The van der Waals surface area contributed by atoms with E-state index in [2.05, 4.69) is 15.9 Å². The third kappa shape index (κ3) is 4.24. The van der Waals surface area contributed by atoms with Gasteiger partial charge in [0.25, 0.3) is 0 Å². The zero-order chi connectivity index (χ0) is 16.6. The zero-order valence-electron chi connectivity index (χ0n) is 9.99. The number of hydrogen-bond donors (Lipinski definition) is 0. The lowest BCUT2D eigenvalue weighted by molar-refractivity contribution is 1.45. The van der Waals surface area contributed by atoms with E-state index < -0.39 is 0 Å². The maximum atomic E-state index is 6.18. The number of benzene rings is 2. The van der Waals surface area contributed by atoms with Crippen LogP contribution in [0.4, 0.5) is 0 Å². The Kier molecular flexibility index (Phi) is 7.58. The van der Waals surface area contributed by atoms with E-state index in [1.54, 1.807) is 12.1 Å². The van der Waals surface area contributed by atoms with E-state index in [0.717, 1.165) is 4.47 Å². The molecule has 0 bridgehead atoms. The lowest BCUT2D eigenvalue weighted by atomic mass is 10.3. The molecule has 0 unspecified atom stereocenters. The standard InChI is InChI=1S/C12H2BrCl7S2/c13-3-1-4(14)11(5(15)2-3)21-22-12-9(19)7(17)6(16)8(18)10(12)20/h1-2H. The predicted molar refractivity (Wildman–Crippen MR) is 107 cm³/mol. The second-order valence-corrected chi connectivity index (χ2v) is 9.53. The Morgan fingerprint density at radius 3 is 1.41 bits per heavy atom. The first kappa shape index (κ1) is 20.0. The van der Waals surface area contributed by atoms with Crippen LogP contribution in [-0.4, -0.2) is 0 Å². The molecule has 0 saturated carbocycles. The van der Waals surface area contributed by atoms with Crippen molar-refractivity contribution in [2.75, 3.05) is 0 Å². The highest BCUT2D eigenvalue weighted by Gasteiger charge is 2.21. The molecule has 0 nitrogen and oxygen atoms in total. The summed E-state index contributed by atoms with van der Waals surface area (Å²) in [6, 6.07) is 3.47. The van der Waals surface area contributed by atoms with Crippen LogP contribution in [0.3, 0.4) is 0 Å². The van der Waals surface area contributed by atoms with Crippen LogP contribution in [0.2, 0.25) is 35.2 Å². The minimum Gasteiger partial charge on any atom is -0.0830 e. The van der Waals surface area contributed by atoms with Gasteiger partial charge >= 0.3 is 0 Å². The highest BCUT2D eigenvalue weighted by atomic mass is 79.9. The molecule has 0 aromatic heterocycles. The minimum absolute atomic E-state index is 0.118. The summed E-state index contributed by atoms with van der Waals surface area (Å²) in [7, 11) is 2.53. The Morgan fingerprint density at radius 1 is 0.591 bits per heavy atom. The predicted octanol–water partition coefficient (Wildman–Crippen LogP) is 9.82. The molecule has 2 rings (SSSR count). The zero-order valence-corrected chi connectivity index (χ0v) is 18.5. The van der Waals surface area contributed by atoms with Crippen molar-refractivity contribution in [1.82, 2.24) is 0 Å². The van der Waals surface area contributed by atoms with Crippen molar-refractivity contribution in [3.8, 4) is 0 Å². The molecule has 0 fully saturated rings. The van der Waals surface area contributed by atoms with Crippen molar-refractivity contribution in [2.45, 2.75) is 9.79 Å². The van der Waals surface area contributed by atoms with E-state index in [-0.39, 0.29) is 25.1 Å². The fourth-order valence-electron chi connectivity index (χ4n) is 1.35. The first-order chi connectivity index (χ1) is 10.2. The van der Waals surface area contributed by atoms with E-state index in [1.165, 1.54) is 21.6 Å². The van der Waals surface area contributed by atoms with Gasteiger partial charge in [-0.3, -0.25) is 0 Å². The van der Waals surface area contributed by atoms with Crippen LogP contribution in [0.25, 0.3) is 0 Å². The van der Waals surface area contributed by atoms with Crippen LogP contribution < -0.4 is 0 Å². The third-order valence-corrected chi connectivity index (χ3v) is 8.63. The maximum Gasteiger partial charge on any atom is 0.0809 e. The van der Waals surface area contributed by atoms with E-state index in [4.69, 9.17) is 81.2 Å². The summed E-state index contributed by atoms with van der Waals surface area (Å²) in [5, 5.41) is 1.85. The molecule has 0 aliphatic heterocycles. The van der Waals surface area contributed by atoms with Crippen molar-refractivity contribution < 1.29 is 0 Å². The molecule has 118 valence electrons. The highest BCUT2D eigenvalue weighted by molar-refractivity contribution is 9.10. The number of rotatable bonds is 3. The molecule has 0 saturated heterocycles. The van der Waals surface area contributed by atoms with Crippen LogP contribution in [0.1, 0.15) is 0 Å². The van der Waals surface area contributed by atoms with Gasteiger partial charge in [0.05, 0.1) is 44.9 Å². The molecule has 2 aromatic carbocycles. The normalized spacial score (nSPS) is 11.1. The van der Waals surface area contributed by atoms with Crippen molar-refractivity contribution in [1.29, 1.82) is 0 Å². The third-order valence-electron chi connectivity index (χ3n) is 2.34. The van der Waals surface area contributed by atoms with Gasteiger partial charge in [-0.25, -0.2) is 0 Å². The molecule has 0 radical (unpaired) electrons. The van der Waals surface area contributed by atoms with Crippen LogP contribution in [0.15, 0.2) is 26.4 Å². The summed E-state index contributed by atoms with van der Waals surface area (Å²) in [6.07, 6.45) is 0. The first-order valence-corrected chi connectivity index (χ1v) is 10.8. The molecule has 0 aliphatic rings. The lowest BCUT2D eigenvalue weighted by Gasteiger charge is -2.12. The summed E-state index contributed by atoms with van der Waals surface area (Å²) in [6.45, 7) is 0. The Balaban J connectivity index is 2.38. The minimum atomic E-state index is 0.118. The van der Waals surface area contributed by atoms with Crippen molar-refractivity contribution in [3.05, 3.63) is 51.8 Å². The van der Waals surface area contributed by atoms with Crippen LogP contribution in [0, 0.1) is 0 Å².